The van der Waals surface area contributed by atoms with Gasteiger partial charge in [0.05, 0.1) is 5.56 Å². The maximum absolute atomic E-state index is 14.2. The smallest absolute Gasteiger partial charge is 0.411 e. The Labute approximate surface area is 195 Å². The van der Waals surface area contributed by atoms with Crippen molar-refractivity contribution in [2.24, 2.45) is 0 Å². The van der Waals surface area contributed by atoms with Gasteiger partial charge in [-0.25, -0.2) is 14.0 Å². The molecular weight excluding hydrogens is 439 g/mol. The van der Waals surface area contributed by atoms with E-state index in [9.17, 15) is 18.8 Å². The van der Waals surface area contributed by atoms with E-state index in [4.69, 9.17) is 9.84 Å². The molecule has 0 aliphatic heterocycles. The zero-order valence-corrected chi connectivity index (χ0v) is 18.4. The molecule has 4 rings (SSSR count). The monoisotopic (exact) mass is 462 g/mol. The first-order valence-electron chi connectivity index (χ1n) is 10.8. The second-order valence-corrected chi connectivity index (χ2v) is 7.92. The molecule has 0 saturated carbocycles. The van der Waals surface area contributed by atoms with Crippen molar-refractivity contribution >= 4 is 23.7 Å². The molecule has 0 fully saturated rings. The normalized spacial score (nSPS) is 12.9. The SMILES string of the molecule is CCC(NC(=O)c1cc(NC(=O)OCC2c3ccccc3-c3ccccc32)ccc1F)C(=O)O. The van der Waals surface area contributed by atoms with Crippen LogP contribution in [0.3, 0.4) is 0 Å². The van der Waals surface area contributed by atoms with Crippen LogP contribution in [0, 0.1) is 5.82 Å². The molecular formula is C26H23FN2O5. The number of hydrogen-bond donors (Lipinski definition) is 3. The molecule has 0 spiro atoms. The van der Waals surface area contributed by atoms with Gasteiger partial charge in [-0.15, -0.1) is 0 Å². The van der Waals surface area contributed by atoms with Crippen LogP contribution in [0.25, 0.3) is 11.1 Å². The Hall–Kier alpha value is -4.20. The number of carbonyl (C=O) groups excluding carboxylic acids is 2. The lowest BCUT2D eigenvalue weighted by Crippen LogP contribution is -2.40. The van der Waals surface area contributed by atoms with E-state index in [1.807, 2.05) is 48.5 Å². The summed E-state index contributed by atoms with van der Waals surface area (Å²) in [6.07, 6.45) is -0.614. The van der Waals surface area contributed by atoms with E-state index < -0.39 is 29.8 Å². The average molecular weight is 462 g/mol. The van der Waals surface area contributed by atoms with E-state index in [0.717, 1.165) is 34.4 Å². The zero-order chi connectivity index (χ0) is 24.2. The van der Waals surface area contributed by atoms with Crippen LogP contribution < -0.4 is 10.6 Å². The summed E-state index contributed by atoms with van der Waals surface area (Å²) >= 11 is 0. The molecule has 0 bridgehead atoms. The summed E-state index contributed by atoms with van der Waals surface area (Å²) < 4.78 is 19.7. The lowest BCUT2D eigenvalue weighted by atomic mass is 9.98. The number of benzene rings is 3. The highest BCUT2D eigenvalue weighted by atomic mass is 19.1. The molecule has 7 nitrogen and oxygen atoms in total. The lowest BCUT2D eigenvalue weighted by molar-refractivity contribution is -0.139. The van der Waals surface area contributed by atoms with Crippen LogP contribution in [0.2, 0.25) is 0 Å². The van der Waals surface area contributed by atoms with Crippen molar-refractivity contribution in [3.05, 3.63) is 89.2 Å². The maximum Gasteiger partial charge on any atom is 0.411 e. The van der Waals surface area contributed by atoms with E-state index in [-0.39, 0.29) is 30.2 Å². The van der Waals surface area contributed by atoms with Crippen molar-refractivity contribution in [3.8, 4) is 11.1 Å². The molecule has 174 valence electrons. The number of halogens is 1. The highest BCUT2D eigenvalue weighted by Crippen LogP contribution is 2.44. The number of carbonyl (C=O) groups is 3. The standard InChI is InChI=1S/C26H23FN2O5/c1-2-23(25(31)32)29-24(30)20-13-15(11-12-22(20)27)28-26(33)34-14-21-18-9-5-3-7-16(18)17-8-4-6-10-19(17)21/h3-13,21,23H,2,14H2,1H3,(H,28,33)(H,29,30)(H,31,32). The first-order valence-corrected chi connectivity index (χ1v) is 10.8. The zero-order valence-electron chi connectivity index (χ0n) is 18.4. The molecule has 8 heteroatoms. The second kappa shape index (κ2) is 9.74. The third-order valence-corrected chi connectivity index (χ3v) is 5.81. The van der Waals surface area contributed by atoms with Crippen LogP contribution in [0.4, 0.5) is 14.9 Å². The predicted molar refractivity (Wildman–Crippen MR) is 124 cm³/mol. The maximum atomic E-state index is 14.2. The third kappa shape index (κ3) is 4.61. The number of fused-ring (bicyclic) bond motifs is 3. The van der Waals surface area contributed by atoms with Gasteiger partial charge in [0.25, 0.3) is 5.91 Å². The fourth-order valence-electron chi connectivity index (χ4n) is 4.10. The minimum absolute atomic E-state index is 0.102. The second-order valence-electron chi connectivity index (χ2n) is 7.92. The summed E-state index contributed by atoms with van der Waals surface area (Å²) in [5.74, 6) is -3.06. The van der Waals surface area contributed by atoms with Crippen molar-refractivity contribution < 1.29 is 28.6 Å². The molecule has 3 aromatic carbocycles. The minimum atomic E-state index is -1.22. The molecule has 1 aliphatic rings. The number of anilines is 1. The predicted octanol–water partition coefficient (Wildman–Crippen LogP) is 4.78. The Morgan fingerprint density at radius 1 is 1.00 bits per heavy atom. The van der Waals surface area contributed by atoms with E-state index in [2.05, 4.69) is 10.6 Å². The van der Waals surface area contributed by atoms with Gasteiger partial charge in [-0.1, -0.05) is 55.5 Å². The number of carboxylic acids is 1. The van der Waals surface area contributed by atoms with Crippen molar-refractivity contribution in [1.29, 1.82) is 0 Å². The van der Waals surface area contributed by atoms with Crippen LogP contribution in [-0.4, -0.2) is 35.7 Å². The molecule has 3 aromatic rings. The number of aliphatic carboxylic acids is 1. The van der Waals surface area contributed by atoms with Crippen LogP contribution in [0.15, 0.2) is 66.7 Å². The molecule has 1 atom stereocenters. The quantitative estimate of drug-likeness (QED) is 0.469. The van der Waals surface area contributed by atoms with Crippen LogP contribution >= 0.6 is 0 Å². The average Bonchev–Trinajstić information content (AvgIpc) is 3.15. The van der Waals surface area contributed by atoms with Gasteiger partial charge in [0.15, 0.2) is 0 Å². The molecule has 0 aromatic heterocycles. The summed E-state index contributed by atoms with van der Waals surface area (Å²) in [4.78, 5) is 36.0. The van der Waals surface area contributed by atoms with Gasteiger partial charge in [-0.2, -0.15) is 0 Å². The van der Waals surface area contributed by atoms with Gasteiger partial charge in [0.2, 0.25) is 0 Å². The Kier molecular flexibility index (Phi) is 6.58. The molecule has 1 aliphatic carbocycles. The van der Waals surface area contributed by atoms with E-state index in [1.54, 1.807) is 6.92 Å². The Morgan fingerprint density at radius 3 is 2.21 bits per heavy atom. The molecule has 0 radical (unpaired) electrons. The van der Waals surface area contributed by atoms with Gasteiger partial charge in [0.1, 0.15) is 18.5 Å². The number of nitrogens with one attached hydrogen (secondary N) is 2. The van der Waals surface area contributed by atoms with Gasteiger partial charge in [-0.05, 0) is 46.9 Å². The largest absolute Gasteiger partial charge is 0.480 e. The highest BCUT2D eigenvalue weighted by molar-refractivity contribution is 5.98. The summed E-state index contributed by atoms with van der Waals surface area (Å²) in [5, 5.41) is 13.9. The number of carboxylic acid groups (broad SMARTS) is 1. The highest BCUT2D eigenvalue weighted by Gasteiger charge is 2.29. The fourth-order valence-corrected chi connectivity index (χ4v) is 4.10. The molecule has 34 heavy (non-hydrogen) atoms. The Balaban J connectivity index is 1.44. The van der Waals surface area contributed by atoms with Gasteiger partial charge < -0.3 is 15.2 Å². The number of amides is 2. The van der Waals surface area contributed by atoms with Crippen molar-refractivity contribution in [3.63, 3.8) is 0 Å². The van der Waals surface area contributed by atoms with E-state index in [1.165, 1.54) is 6.07 Å². The van der Waals surface area contributed by atoms with Crippen molar-refractivity contribution in [1.82, 2.24) is 5.32 Å². The third-order valence-electron chi connectivity index (χ3n) is 5.81. The summed E-state index contributed by atoms with van der Waals surface area (Å²) in [7, 11) is 0. The lowest BCUT2D eigenvalue weighted by Gasteiger charge is -2.15. The first-order chi connectivity index (χ1) is 16.4. The van der Waals surface area contributed by atoms with Gasteiger partial charge in [0, 0.05) is 11.6 Å². The molecule has 0 saturated heterocycles. The minimum Gasteiger partial charge on any atom is -0.480 e. The van der Waals surface area contributed by atoms with Crippen LogP contribution in [0.5, 0.6) is 0 Å². The summed E-state index contributed by atoms with van der Waals surface area (Å²) in [6.45, 7) is 1.69. The van der Waals surface area contributed by atoms with Gasteiger partial charge in [-0.3, -0.25) is 10.1 Å². The molecule has 2 amide bonds. The topological polar surface area (TPSA) is 105 Å². The van der Waals surface area contributed by atoms with Crippen molar-refractivity contribution in [2.45, 2.75) is 25.3 Å². The van der Waals surface area contributed by atoms with Crippen LogP contribution in [0.1, 0.15) is 40.7 Å². The number of hydrogen-bond acceptors (Lipinski definition) is 4. The van der Waals surface area contributed by atoms with Crippen molar-refractivity contribution in [2.75, 3.05) is 11.9 Å². The molecule has 0 heterocycles. The van der Waals surface area contributed by atoms with Crippen LogP contribution in [-0.2, 0) is 9.53 Å². The molecule has 3 N–H and O–H groups in total. The summed E-state index contributed by atoms with van der Waals surface area (Å²) in [5.41, 5.74) is 4.12. The van der Waals surface area contributed by atoms with Gasteiger partial charge >= 0.3 is 12.1 Å². The first kappa shape index (κ1) is 23.0. The Morgan fingerprint density at radius 2 is 1.62 bits per heavy atom. The van der Waals surface area contributed by atoms with E-state index >= 15 is 0 Å². The molecule has 1 unspecified atom stereocenters. The number of ether oxygens (including phenoxy) is 1. The number of rotatable bonds is 7. The fraction of sp³-hybridized carbons (Fsp3) is 0.192. The van der Waals surface area contributed by atoms with E-state index in [0.29, 0.717) is 0 Å². The Bertz CT molecular complexity index is 1210. The summed E-state index contributed by atoms with van der Waals surface area (Å²) in [6, 6.07) is 18.2.